The highest BCUT2D eigenvalue weighted by Gasteiger charge is 2.26. The zero-order valence-electron chi connectivity index (χ0n) is 18.7. The Hall–Kier alpha value is -3.79. The highest BCUT2D eigenvalue weighted by molar-refractivity contribution is 5.99. The van der Waals surface area contributed by atoms with Crippen LogP contribution >= 0.6 is 0 Å². The van der Waals surface area contributed by atoms with E-state index in [0.717, 1.165) is 25.1 Å². The molecule has 2 aromatic carbocycles. The maximum absolute atomic E-state index is 13.0. The van der Waals surface area contributed by atoms with E-state index >= 15 is 0 Å². The van der Waals surface area contributed by atoms with Crippen LogP contribution in [0.25, 0.3) is 0 Å². The van der Waals surface area contributed by atoms with Gasteiger partial charge in [-0.1, -0.05) is 48.2 Å². The number of aromatic hydroxyl groups is 1. The maximum Gasteiger partial charge on any atom is 0.320 e. The fourth-order valence-electron chi connectivity index (χ4n) is 3.85. The zero-order valence-corrected chi connectivity index (χ0v) is 18.7. The number of carbonyl (C=O) groups excluding carboxylic acids is 1. The van der Waals surface area contributed by atoms with E-state index in [1.54, 1.807) is 23.1 Å². The third-order valence-electron chi connectivity index (χ3n) is 5.84. The van der Waals surface area contributed by atoms with Crippen LogP contribution < -0.4 is 15.5 Å². The van der Waals surface area contributed by atoms with Gasteiger partial charge in [-0.25, -0.2) is 0 Å². The summed E-state index contributed by atoms with van der Waals surface area (Å²) in [6.45, 7) is 4.75. The molecule has 3 aromatic rings. The molecule has 10 nitrogen and oxygen atoms in total. The summed E-state index contributed by atoms with van der Waals surface area (Å²) >= 11 is 0. The van der Waals surface area contributed by atoms with Crippen LogP contribution in [-0.4, -0.2) is 59.2 Å². The Bertz CT molecular complexity index is 1100. The second-order valence-corrected chi connectivity index (χ2v) is 8.07. The monoisotopic (exact) mass is 452 g/mol. The molecule has 174 valence electrons. The molecular weight excluding hydrogens is 424 g/mol. The van der Waals surface area contributed by atoms with E-state index in [1.807, 2.05) is 44.3 Å². The number of para-hydroxylation sites is 1. The lowest BCUT2D eigenvalue weighted by molar-refractivity contribution is -0.791. The number of aromatic nitrogens is 2. The molecule has 0 bridgehead atoms. The first-order valence-electron chi connectivity index (χ1n) is 11.0. The van der Waals surface area contributed by atoms with Gasteiger partial charge in [0.15, 0.2) is 5.75 Å². The summed E-state index contributed by atoms with van der Waals surface area (Å²) in [5.74, 6) is -0.250. The molecule has 1 aromatic heterocycles. The van der Waals surface area contributed by atoms with Crippen LogP contribution in [0.3, 0.4) is 0 Å². The first kappa shape index (κ1) is 22.4. The average Bonchev–Trinajstić information content (AvgIpc) is 3.18. The predicted molar refractivity (Wildman–Crippen MR) is 123 cm³/mol. The van der Waals surface area contributed by atoms with Crippen LogP contribution in [0.15, 0.2) is 53.2 Å². The Morgan fingerprint density at radius 2 is 1.91 bits per heavy atom. The van der Waals surface area contributed by atoms with Gasteiger partial charge in [-0.2, -0.15) is 0 Å². The van der Waals surface area contributed by atoms with Crippen LogP contribution in [0, 0.1) is 5.21 Å². The Kier molecular flexibility index (Phi) is 6.64. The van der Waals surface area contributed by atoms with Crippen molar-refractivity contribution in [2.75, 3.05) is 43.9 Å². The van der Waals surface area contributed by atoms with Gasteiger partial charge >= 0.3 is 11.6 Å². The number of hydrogen-bond donors (Lipinski definition) is 3. The summed E-state index contributed by atoms with van der Waals surface area (Å²) < 4.78 is 4.80. The molecule has 1 fully saturated rings. The summed E-state index contributed by atoms with van der Waals surface area (Å²) in [5.41, 5.74) is 1.45. The van der Waals surface area contributed by atoms with E-state index in [-0.39, 0.29) is 45.5 Å². The van der Waals surface area contributed by atoms with Crippen molar-refractivity contribution in [3.05, 3.63) is 64.9 Å². The number of nitrogens with zero attached hydrogens (tertiary/aromatic N) is 4. The molecule has 2 heterocycles. The molecule has 0 aliphatic carbocycles. The molecule has 10 heteroatoms. The fourth-order valence-corrected chi connectivity index (χ4v) is 3.85. The molecular formula is C23H28N6O4. The number of likely N-dealkylation sites (N-methyl/N-ethyl adjacent to an activating group) is 1. The summed E-state index contributed by atoms with van der Waals surface area (Å²) in [5, 5.41) is 33.0. The van der Waals surface area contributed by atoms with Crippen molar-refractivity contribution in [3.8, 4) is 5.75 Å². The number of hydrogen-bond acceptors (Lipinski definition) is 8. The Morgan fingerprint density at radius 1 is 1.18 bits per heavy atom. The molecule has 4 rings (SSSR count). The minimum Gasteiger partial charge on any atom is -0.505 e. The number of benzene rings is 2. The minimum absolute atomic E-state index is 0.0842. The van der Waals surface area contributed by atoms with Gasteiger partial charge in [-0.15, -0.1) is 0 Å². The summed E-state index contributed by atoms with van der Waals surface area (Å²) in [4.78, 5) is 17.1. The molecule has 3 N–H and O–H groups in total. The molecule has 0 spiro atoms. The average molecular weight is 453 g/mol. The smallest absolute Gasteiger partial charge is 0.320 e. The van der Waals surface area contributed by atoms with Gasteiger partial charge in [-0.05, 0) is 36.3 Å². The number of phenolic OH excluding ortho intramolecular Hbond substituents is 1. The summed E-state index contributed by atoms with van der Waals surface area (Å²) in [6, 6.07) is 14.4. The normalized spacial score (nSPS) is 15.3. The van der Waals surface area contributed by atoms with Gasteiger partial charge < -0.3 is 30.1 Å². The molecule has 1 saturated heterocycles. The van der Waals surface area contributed by atoms with Crippen molar-refractivity contribution in [2.45, 2.75) is 19.4 Å². The van der Waals surface area contributed by atoms with Crippen molar-refractivity contribution in [2.24, 2.45) is 0 Å². The number of carbonyl (C=O) groups is 1. The van der Waals surface area contributed by atoms with Crippen molar-refractivity contribution in [1.82, 2.24) is 15.0 Å². The molecule has 1 atom stereocenters. The third-order valence-corrected chi connectivity index (χ3v) is 5.84. The van der Waals surface area contributed by atoms with Gasteiger partial charge in [0.1, 0.15) is 0 Å². The lowest BCUT2D eigenvalue weighted by Gasteiger charge is -2.32. The zero-order chi connectivity index (χ0) is 23.4. The van der Waals surface area contributed by atoms with E-state index < -0.39 is 0 Å². The van der Waals surface area contributed by atoms with E-state index in [0.29, 0.717) is 13.1 Å². The van der Waals surface area contributed by atoms with Gasteiger partial charge in [0, 0.05) is 26.2 Å². The van der Waals surface area contributed by atoms with E-state index in [2.05, 4.69) is 20.7 Å². The van der Waals surface area contributed by atoms with Crippen LogP contribution in [0.4, 0.5) is 17.3 Å². The summed E-state index contributed by atoms with van der Waals surface area (Å²) in [7, 11) is 2.01. The van der Waals surface area contributed by atoms with Gasteiger partial charge in [0.25, 0.3) is 5.91 Å². The fraction of sp³-hybridized carbons (Fsp3) is 0.348. The highest BCUT2D eigenvalue weighted by atomic mass is 16.8. The third kappa shape index (κ3) is 4.85. The van der Waals surface area contributed by atoms with Gasteiger partial charge in [0.2, 0.25) is 0 Å². The lowest BCUT2D eigenvalue weighted by atomic mass is 10.0. The topological polar surface area (TPSA) is 121 Å². The van der Waals surface area contributed by atoms with E-state index in [9.17, 15) is 15.1 Å². The van der Waals surface area contributed by atoms with Crippen LogP contribution in [0.1, 0.15) is 35.3 Å². The Morgan fingerprint density at radius 3 is 2.61 bits per heavy atom. The number of anilines is 3. The molecule has 1 aliphatic rings. The second kappa shape index (κ2) is 9.78. The minimum atomic E-state index is -0.239. The highest BCUT2D eigenvalue weighted by Crippen LogP contribution is 2.33. The number of piperazine rings is 1. The van der Waals surface area contributed by atoms with Crippen molar-refractivity contribution >= 4 is 23.2 Å². The van der Waals surface area contributed by atoms with Crippen LogP contribution in [-0.2, 0) is 0 Å². The van der Waals surface area contributed by atoms with E-state index in [1.165, 1.54) is 0 Å². The van der Waals surface area contributed by atoms with Crippen LogP contribution in [0.5, 0.6) is 5.75 Å². The van der Waals surface area contributed by atoms with Crippen LogP contribution in [0.2, 0.25) is 0 Å². The molecule has 0 unspecified atom stereocenters. The molecule has 0 saturated carbocycles. The Labute approximate surface area is 191 Å². The quantitative estimate of drug-likeness (QED) is 0.370. The van der Waals surface area contributed by atoms with E-state index in [4.69, 9.17) is 4.63 Å². The Balaban J connectivity index is 1.55. The van der Waals surface area contributed by atoms with Gasteiger partial charge in [0.05, 0.1) is 17.3 Å². The lowest BCUT2D eigenvalue weighted by Crippen LogP contribution is -2.47. The van der Waals surface area contributed by atoms with Gasteiger partial charge in [-0.3, -0.25) is 10.1 Å². The standard InChI is InChI=1S/C23H28N6O4/c1-3-18(16-8-5-4-6-9-16)25-22-21(26-33-29(22)32)24-19-11-7-10-17(20(19)30)23(31)28-14-12-27(2)13-15-28/h4-11,18,25,30H,3,12-15H2,1-2H3,(H,24,26)/t18-/m1/s1. The number of amides is 1. The van der Waals surface area contributed by atoms with Crippen molar-refractivity contribution < 1.29 is 19.4 Å². The number of phenols is 1. The number of nitrogens with one attached hydrogen (secondary N) is 2. The predicted octanol–water partition coefficient (Wildman–Crippen LogP) is 2.71. The molecule has 33 heavy (non-hydrogen) atoms. The van der Waals surface area contributed by atoms with Crippen molar-refractivity contribution in [1.29, 1.82) is 0 Å². The largest absolute Gasteiger partial charge is 0.505 e. The molecule has 0 radical (unpaired) electrons. The molecule has 1 amide bonds. The maximum atomic E-state index is 13.0. The second-order valence-electron chi connectivity index (χ2n) is 8.07. The number of rotatable bonds is 7. The first-order valence-corrected chi connectivity index (χ1v) is 11.0. The summed E-state index contributed by atoms with van der Waals surface area (Å²) in [6.07, 6.45) is 0.717. The molecule has 1 aliphatic heterocycles. The SMILES string of the molecule is CC[C@@H](Nc1c(Nc2cccc(C(=O)N3CCN(C)CC3)c2O)no[n+]1[O-])c1ccccc1. The first-order chi connectivity index (χ1) is 16.0. The van der Waals surface area contributed by atoms with Crippen molar-refractivity contribution in [3.63, 3.8) is 0 Å².